The third-order valence-corrected chi connectivity index (χ3v) is 7.85. The maximum atomic E-state index is 14.0. The van der Waals surface area contributed by atoms with Crippen molar-refractivity contribution in [2.75, 3.05) is 10.6 Å². The minimum Gasteiger partial charge on any atom is -0.457 e. The van der Waals surface area contributed by atoms with Crippen LogP contribution >= 0.6 is 0 Å². The molecular weight excluding hydrogens is 574 g/mol. The molecule has 2 N–H and O–H groups in total. The minimum absolute atomic E-state index is 0.175. The second-order valence-electron chi connectivity index (χ2n) is 11.3. The van der Waals surface area contributed by atoms with Gasteiger partial charge in [-0.15, -0.1) is 0 Å². The highest BCUT2D eigenvalue weighted by Crippen LogP contribution is 2.38. The number of rotatable bonds is 7. The first-order chi connectivity index (χ1) is 22.4. The lowest BCUT2D eigenvalue weighted by Crippen LogP contribution is -2.16. The Bertz CT molecular complexity index is 2130. The molecule has 0 radical (unpaired) electrons. The fourth-order valence-electron chi connectivity index (χ4n) is 5.88. The van der Waals surface area contributed by atoms with Crippen LogP contribution in [0.1, 0.15) is 46.2 Å². The summed E-state index contributed by atoms with van der Waals surface area (Å²) in [6.07, 6.45) is 3.63. The summed E-state index contributed by atoms with van der Waals surface area (Å²) in [6, 6.07) is 34.7. The van der Waals surface area contributed by atoms with Gasteiger partial charge in [-0.25, -0.2) is 9.67 Å². The van der Waals surface area contributed by atoms with Crippen LogP contribution in [0.3, 0.4) is 0 Å². The van der Waals surface area contributed by atoms with Gasteiger partial charge in [0.15, 0.2) is 0 Å². The maximum Gasteiger partial charge on any atom is 0.256 e. The zero-order valence-electron chi connectivity index (χ0n) is 25.5. The number of aryl methyl sites for hydroxylation is 1. The molecule has 0 saturated carbocycles. The average molecular weight is 606 g/mol. The zero-order valence-corrected chi connectivity index (χ0v) is 25.5. The number of hydrogen-bond donors (Lipinski definition) is 2. The normalized spacial score (nSPS) is 13.0. The summed E-state index contributed by atoms with van der Waals surface area (Å²) in [5.74, 6) is 1.76. The lowest BCUT2D eigenvalue weighted by atomic mass is 9.99. The second-order valence-corrected chi connectivity index (χ2v) is 11.3. The van der Waals surface area contributed by atoms with E-state index >= 15 is 0 Å². The van der Waals surface area contributed by atoms with E-state index in [1.165, 1.54) is 6.92 Å². The van der Waals surface area contributed by atoms with Crippen LogP contribution in [0.25, 0.3) is 28.2 Å². The van der Waals surface area contributed by atoms with E-state index in [4.69, 9.17) is 9.72 Å². The number of aromatic nitrogens is 3. The van der Waals surface area contributed by atoms with E-state index < -0.39 is 0 Å². The summed E-state index contributed by atoms with van der Waals surface area (Å²) >= 11 is 0. The molecule has 8 heteroatoms. The van der Waals surface area contributed by atoms with E-state index in [1.807, 2.05) is 116 Å². The second kappa shape index (κ2) is 12.2. The number of allylic oxidation sites excluding steroid dienone is 1. The summed E-state index contributed by atoms with van der Waals surface area (Å²) in [6.45, 7) is 3.33. The van der Waals surface area contributed by atoms with Gasteiger partial charge in [-0.05, 0) is 97.1 Å². The third-order valence-electron chi connectivity index (χ3n) is 7.85. The van der Waals surface area contributed by atoms with Crippen molar-refractivity contribution in [3.63, 3.8) is 0 Å². The lowest BCUT2D eigenvalue weighted by Gasteiger charge is -2.14. The van der Waals surface area contributed by atoms with Crippen molar-refractivity contribution in [2.45, 2.75) is 26.7 Å². The van der Waals surface area contributed by atoms with Crippen LogP contribution in [0.2, 0.25) is 0 Å². The molecule has 0 atom stereocenters. The Kier molecular flexibility index (Phi) is 7.60. The van der Waals surface area contributed by atoms with Gasteiger partial charge in [0, 0.05) is 24.1 Å². The summed E-state index contributed by atoms with van der Waals surface area (Å²) < 4.78 is 7.72. The van der Waals surface area contributed by atoms with Crippen molar-refractivity contribution in [1.82, 2.24) is 14.8 Å². The van der Waals surface area contributed by atoms with Gasteiger partial charge in [-0.1, -0.05) is 48.5 Å². The SMILES string of the molecule is CC(=O)Nc1cc(C)nn1-c1ccc(NC(=O)c2c3c(nc4ccccc24)/C(=C/c2cccc(Oc4ccccc4)c2)CC3)cc1. The Morgan fingerprint density at radius 3 is 2.39 bits per heavy atom. The largest absolute Gasteiger partial charge is 0.457 e. The van der Waals surface area contributed by atoms with E-state index in [0.717, 1.165) is 62.6 Å². The molecule has 7 rings (SSSR count). The number of amides is 2. The molecule has 0 fully saturated rings. The number of hydrogen-bond acceptors (Lipinski definition) is 5. The maximum absolute atomic E-state index is 14.0. The molecule has 2 amide bonds. The van der Waals surface area contributed by atoms with Crippen LogP contribution in [0.5, 0.6) is 11.5 Å². The summed E-state index contributed by atoms with van der Waals surface area (Å²) in [7, 11) is 0. The fourth-order valence-corrected chi connectivity index (χ4v) is 5.88. The van der Waals surface area contributed by atoms with Crippen molar-refractivity contribution in [2.24, 2.45) is 0 Å². The summed E-state index contributed by atoms with van der Waals surface area (Å²) in [5, 5.41) is 11.2. The van der Waals surface area contributed by atoms with Crippen LogP contribution in [0.15, 0.2) is 109 Å². The summed E-state index contributed by atoms with van der Waals surface area (Å²) in [4.78, 5) is 30.7. The van der Waals surface area contributed by atoms with E-state index in [1.54, 1.807) is 4.68 Å². The predicted octanol–water partition coefficient (Wildman–Crippen LogP) is 8.22. The van der Waals surface area contributed by atoms with Gasteiger partial charge in [0.05, 0.1) is 28.2 Å². The van der Waals surface area contributed by atoms with E-state index in [9.17, 15) is 9.59 Å². The van der Waals surface area contributed by atoms with Gasteiger partial charge in [0.2, 0.25) is 5.91 Å². The topological polar surface area (TPSA) is 98.1 Å². The van der Waals surface area contributed by atoms with Crippen molar-refractivity contribution < 1.29 is 14.3 Å². The first-order valence-electron chi connectivity index (χ1n) is 15.1. The number of pyridine rings is 1. The van der Waals surface area contributed by atoms with Gasteiger partial charge in [0.1, 0.15) is 17.3 Å². The van der Waals surface area contributed by atoms with Gasteiger partial charge in [-0.2, -0.15) is 5.10 Å². The van der Waals surface area contributed by atoms with E-state index in [-0.39, 0.29) is 11.8 Å². The monoisotopic (exact) mass is 605 g/mol. The number of nitrogens with zero attached hydrogens (tertiary/aromatic N) is 3. The molecule has 2 heterocycles. The molecule has 8 nitrogen and oxygen atoms in total. The lowest BCUT2D eigenvalue weighted by molar-refractivity contribution is -0.114. The first-order valence-corrected chi connectivity index (χ1v) is 15.1. The molecule has 0 saturated heterocycles. The van der Waals surface area contributed by atoms with Crippen LogP contribution < -0.4 is 15.4 Å². The van der Waals surface area contributed by atoms with Crippen molar-refractivity contribution in [3.8, 4) is 17.2 Å². The van der Waals surface area contributed by atoms with E-state index in [2.05, 4.69) is 21.8 Å². The number of ether oxygens (including phenoxy) is 1. The zero-order chi connectivity index (χ0) is 31.6. The molecule has 46 heavy (non-hydrogen) atoms. The highest BCUT2D eigenvalue weighted by Gasteiger charge is 2.27. The van der Waals surface area contributed by atoms with Crippen LogP contribution in [-0.4, -0.2) is 26.6 Å². The van der Waals surface area contributed by atoms with Crippen LogP contribution in [0, 0.1) is 6.92 Å². The van der Waals surface area contributed by atoms with Gasteiger partial charge in [-0.3, -0.25) is 9.59 Å². The van der Waals surface area contributed by atoms with E-state index in [0.29, 0.717) is 23.5 Å². The highest BCUT2D eigenvalue weighted by molar-refractivity contribution is 6.14. The fraction of sp³-hybridized carbons (Fsp3) is 0.105. The van der Waals surface area contributed by atoms with Crippen LogP contribution in [0.4, 0.5) is 11.5 Å². The molecule has 1 aliphatic rings. The van der Waals surface area contributed by atoms with Crippen molar-refractivity contribution in [1.29, 1.82) is 0 Å². The molecule has 1 aliphatic carbocycles. The number of carbonyl (C=O) groups excluding carboxylic acids is 2. The quantitative estimate of drug-likeness (QED) is 0.191. The molecule has 6 aromatic rings. The number of benzene rings is 4. The number of nitrogens with one attached hydrogen (secondary N) is 2. The molecule has 2 aromatic heterocycles. The van der Waals surface area contributed by atoms with Crippen LogP contribution in [-0.2, 0) is 11.2 Å². The Hall–Kier alpha value is -6.02. The number of carbonyl (C=O) groups is 2. The predicted molar refractivity (Wildman–Crippen MR) is 181 cm³/mol. The smallest absolute Gasteiger partial charge is 0.256 e. The Morgan fingerprint density at radius 2 is 1.59 bits per heavy atom. The molecule has 226 valence electrons. The molecule has 0 unspecified atom stereocenters. The van der Waals surface area contributed by atoms with Gasteiger partial charge in [0.25, 0.3) is 5.91 Å². The van der Waals surface area contributed by atoms with Gasteiger partial charge >= 0.3 is 0 Å². The molecule has 4 aromatic carbocycles. The third kappa shape index (κ3) is 5.88. The Balaban J connectivity index is 1.18. The first kappa shape index (κ1) is 28.7. The summed E-state index contributed by atoms with van der Waals surface area (Å²) in [5.41, 5.74) is 7.50. The van der Waals surface area contributed by atoms with Gasteiger partial charge < -0.3 is 15.4 Å². The standard InChI is InChI=1S/C38H31N5O3/c1-24-21-35(39-25(2)44)43(42-24)29-18-16-28(17-19-29)40-38(45)36-32-13-6-7-14-34(32)41-37-27(15-20-33(36)37)22-26-9-8-12-31(23-26)46-30-10-4-3-5-11-30/h3-14,16-19,21-23H,15,20H2,1-2H3,(H,39,44)(H,40,45)/b27-22+. The molecule has 0 bridgehead atoms. The molecule has 0 aliphatic heterocycles. The number of para-hydroxylation sites is 2. The Labute approximate surface area is 266 Å². The number of anilines is 2. The minimum atomic E-state index is -0.184. The van der Waals surface area contributed by atoms with Crippen molar-refractivity contribution >= 4 is 45.9 Å². The average Bonchev–Trinajstić information content (AvgIpc) is 3.62. The highest BCUT2D eigenvalue weighted by atomic mass is 16.5. The Morgan fingerprint density at radius 1 is 0.826 bits per heavy atom. The number of fused-ring (bicyclic) bond motifs is 2. The molecule has 0 spiro atoms. The molecular formula is C38H31N5O3. The van der Waals surface area contributed by atoms with Crippen molar-refractivity contribution in [3.05, 3.63) is 137 Å².